The van der Waals surface area contributed by atoms with Crippen LogP contribution >= 0.6 is 34.5 Å². The minimum absolute atomic E-state index is 0.112. The number of aromatic nitrogens is 1. The summed E-state index contributed by atoms with van der Waals surface area (Å²) < 4.78 is 0. The molecule has 0 bridgehead atoms. The molecular formula is C7H9Cl2N3O2S. The van der Waals surface area contributed by atoms with E-state index in [1.54, 1.807) is 0 Å². The Morgan fingerprint density at radius 2 is 2.07 bits per heavy atom. The predicted octanol–water partition coefficient (Wildman–Crippen LogP) is 2.34. The van der Waals surface area contributed by atoms with Crippen LogP contribution in [0, 0.1) is 10.1 Å². The van der Waals surface area contributed by atoms with E-state index in [0.29, 0.717) is 24.8 Å². The second-order valence-corrected chi connectivity index (χ2v) is 4.35. The van der Waals surface area contributed by atoms with Gasteiger partial charge in [-0.2, -0.15) is 0 Å². The van der Waals surface area contributed by atoms with Gasteiger partial charge in [-0.25, -0.2) is 0 Å². The molecule has 0 aromatic carbocycles. The molecule has 0 aliphatic heterocycles. The molecule has 8 heteroatoms. The van der Waals surface area contributed by atoms with Crippen molar-refractivity contribution < 1.29 is 4.92 Å². The van der Waals surface area contributed by atoms with Gasteiger partial charge in [-0.05, 0) is 21.2 Å². The van der Waals surface area contributed by atoms with Gasteiger partial charge in [0.2, 0.25) is 0 Å². The zero-order valence-electron chi connectivity index (χ0n) is 7.73. The third-order valence-corrected chi connectivity index (χ3v) is 3.01. The van der Waals surface area contributed by atoms with Crippen LogP contribution < -0.4 is 4.90 Å². The summed E-state index contributed by atoms with van der Waals surface area (Å²) in [6.07, 6.45) is 1.47. The largest absolute Gasteiger partial charge is 0.425 e. The van der Waals surface area contributed by atoms with Gasteiger partial charge in [0.1, 0.15) is 5.00 Å². The minimum atomic E-state index is -0.506. The molecule has 0 unspecified atom stereocenters. The summed E-state index contributed by atoms with van der Waals surface area (Å²) in [5.41, 5.74) is 0. The number of nitrogens with zero attached hydrogens (tertiary/aromatic N) is 3. The molecular weight excluding hydrogens is 261 g/mol. The van der Waals surface area contributed by atoms with E-state index in [9.17, 15) is 10.1 Å². The summed E-state index contributed by atoms with van der Waals surface area (Å²) in [6.45, 7) is 1.21. The lowest BCUT2D eigenvalue weighted by atomic mass is 10.5. The Morgan fingerprint density at radius 3 is 2.47 bits per heavy atom. The fourth-order valence-electron chi connectivity index (χ4n) is 1.02. The highest BCUT2D eigenvalue weighted by atomic mass is 35.5. The highest BCUT2D eigenvalue weighted by molar-refractivity contribution is 7.18. The van der Waals surface area contributed by atoms with Crippen LogP contribution in [0.3, 0.4) is 0 Å². The molecule has 1 heterocycles. The molecule has 0 N–H and O–H groups in total. The number of halogens is 2. The third kappa shape index (κ3) is 3.48. The summed E-state index contributed by atoms with van der Waals surface area (Å²) in [6, 6.07) is 0. The van der Waals surface area contributed by atoms with Crippen LogP contribution in [0.25, 0.3) is 0 Å². The first-order valence-corrected chi connectivity index (χ1v) is 6.04. The molecule has 15 heavy (non-hydrogen) atoms. The Bertz CT molecular complexity index is 328. The van der Waals surface area contributed by atoms with Gasteiger partial charge in [-0.1, -0.05) is 0 Å². The van der Waals surface area contributed by atoms with Gasteiger partial charge in [-0.3, -0.25) is 0 Å². The summed E-state index contributed by atoms with van der Waals surface area (Å²) in [5, 5.41) is 11.0. The predicted molar refractivity (Wildman–Crippen MR) is 62.4 cm³/mol. The number of thiazole rings is 1. The highest BCUT2D eigenvalue weighted by Crippen LogP contribution is 2.28. The maximum absolute atomic E-state index is 10.4. The molecule has 84 valence electrons. The van der Waals surface area contributed by atoms with Crippen molar-refractivity contribution in [3.63, 3.8) is 0 Å². The molecule has 0 aliphatic rings. The molecule has 1 aromatic heterocycles. The van der Waals surface area contributed by atoms with Gasteiger partial charge in [0.15, 0.2) is 6.20 Å². The molecule has 1 rings (SSSR count). The molecule has 5 nitrogen and oxygen atoms in total. The summed E-state index contributed by atoms with van der Waals surface area (Å²) in [4.78, 5) is 15.5. The van der Waals surface area contributed by atoms with Crippen molar-refractivity contribution in [1.82, 2.24) is 4.98 Å². The SMILES string of the molecule is O=[N+]([O-])c1ncc(N(CCCl)CCCl)s1. The topological polar surface area (TPSA) is 59.3 Å². The molecule has 0 fully saturated rings. The van der Waals surface area contributed by atoms with E-state index in [0.717, 1.165) is 16.3 Å². The highest BCUT2D eigenvalue weighted by Gasteiger charge is 2.16. The van der Waals surface area contributed by atoms with Crippen LogP contribution in [0.2, 0.25) is 0 Å². The van der Waals surface area contributed by atoms with E-state index >= 15 is 0 Å². The lowest BCUT2D eigenvalue weighted by Crippen LogP contribution is -2.26. The van der Waals surface area contributed by atoms with E-state index in [1.165, 1.54) is 6.20 Å². The van der Waals surface area contributed by atoms with Gasteiger partial charge < -0.3 is 15.0 Å². The lowest BCUT2D eigenvalue weighted by molar-refractivity contribution is -0.384. The molecule has 0 atom stereocenters. The third-order valence-electron chi connectivity index (χ3n) is 1.66. The van der Waals surface area contributed by atoms with Gasteiger partial charge in [-0.15, -0.1) is 23.2 Å². The van der Waals surface area contributed by atoms with Crippen LogP contribution in [-0.2, 0) is 0 Å². The van der Waals surface area contributed by atoms with Gasteiger partial charge in [0.25, 0.3) is 0 Å². The fraction of sp³-hybridized carbons (Fsp3) is 0.571. The van der Waals surface area contributed by atoms with Crippen molar-refractivity contribution in [3.8, 4) is 0 Å². The number of alkyl halides is 2. The lowest BCUT2D eigenvalue weighted by Gasteiger charge is -2.18. The van der Waals surface area contributed by atoms with E-state index < -0.39 is 4.92 Å². The number of nitro groups is 1. The first-order chi connectivity index (χ1) is 7.19. The van der Waals surface area contributed by atoms with Gasteiger partial charge in [0.05, 0.1) is 0 Å². The maximum Gasteiger partial charge on any atom is 0.425 e. The molecule has 0 saturated carbocycles. The quantitative estimate of drug-likeness (QED) is 0.452. The van der Waals surface area contributed by atoms with Crippen LogP contribution in [0.4, 0.5) is 10.1 Å². The summed E-state index contributed by atoms with van der Waals surface area (Å²) >= 11 is 12.3. The average molecular weight is 270 g/mol. The maximum atomic E-state index is 10.4. The van der Waals surface area contributed by atoms with E-state index in [1.807, 2.05) is 4.90 Å². The number of anilines is 1. The van der Waals surface area contributed by atoms with Crippen molar-refractivity contribution in [3.05, 3.63) is 16.3 Å². The smallest absolute Gasteiger partial charge is 0.358 e. The normalized spacial score (nSPS) is 10.3. The second kappa shape index (κ2) is 6.09. The Morgan fingerprint density at radius 1 is 1.47 bits per heavy atom. The zero-order valence-corrected chi connectivity index (χ0v) is 10.1. The molecule has 0 amide bonds. The number of hydrogen-bond donors (Lipinski definition) is 0. The molecule has 0 aliphatic carbocycles. The van der Waals surface area contributed by atoms with Crippen molar-refractivity contribution in [2.75, 3.05) is 29.7 Å². The van der Waals surface area contributed by atoms with E-state index in [-0.39, 0.29) is 5.13 Å². The van der Waals surface area contributed by atoms with Crippen LogP contribution in [0.1, 0.15) is 0 Å². The van der Waals surface area contributed by atoms with E-state index in [2.05, 4.69) is 4.98 Å². The van der Waals surface area contributed by atoms with Crippen LogP contribution in [0.5, 0.6) is 0 Å². The molecule has 0 saturated heterocycles. The minimum Gasteiger partial charge on any atom is -0.358 e. The second-order valence-electron chi connectivity index (χ2n) is 2.60. The molecule has 0 radical (unpaired) electrons. The van der Waals surface area contributed by atoms with Gasteiger partial charge >= 0.3 is 5.13 Å². The summed E-state index contributed by atoms with van der Waals surface area (Å²) in [5.74, 6) is 0.894. The van der Waals surface area contributed by atoms with Crippen LogP contribution in [-0.4, -0.2) is 34.8 Å². The molecule has 0 spiro atoms. The fourth-order valence-corrected chi connectivity index (χ4v) is 2.22. The Balaban J connectivity index is 2.76. The zero-order chi connectivity index (χ0) is 11.3. The standard InChI is InChI=1S/C7H9Cl2N3O2S/c8-1-3-11(4-2-9)6-5-10-7(15-6)12(13)14/h5H,1-4H2. The van der Waals surface area contributed by atoms with Crippen molar-refractivity contribution in [2.45, 2.75) is 0 Å². The Labute approximate surface area is 101 Å². The van der Waals surface area contributed by atoms with E-state index in [4.69, 9.17) is 23.2 Å². The first kappa shape index (κ1) is 12.5. The van der Waals surface area contributed by atoms with Gasteiger partial charge in [0, 0.05) is 24.8 Å². The monoisotopic (exact) mass is 269 g/mol. The molecule has 1 aromatic rings. The number of hydrogen-bond acceptors (Lipinski definition) is 5. The van der Waals surface area contributed by atoms with Crippen molar-refractivity contribution in [2.24, 2.45) is 0 Å². The Kier molecular flexibility index (Phi) is 5.07. The first-order valence-electron chi connectivity index (χ1n) is 4.16. The summed E-state index contributed by atoms with van der Waals surface area (Å²) in [7, 11) is 0. The number of rotatable bonds is 6. The average Bonchev–Trinajstić information content (AvgIpc) is 2.66. The Hall–Kier alpha value is -0.590. The van der Waals surface area contributed by atoms with Crippen molar-refractivity contribution in [1.29, 1.82) is 0 Å². The van der Waals surface area contributed by atoms with Crippen molar-refractivity contribution >= 4 is 44.7 Å². The van der Waals surface area contributed by atoms with Crippen LogP contribution in [0.15, 0.2) is 6.20 Å².